The van der Waals surface area contributed by atoms with Crippen LogP contribution < -0.4 is 0 Å². The molecule has 1 N–H and O–H groups in total. The molecule has 6 nitrogen and oxygen atoms in total. The van der Waals surface area contributed by atoms with Crippen LogP contribution in [0.5, 0.6) is 0 Å². The van der Waals surface area contributed by atoms with Crippen molar-refractivity contribution in [3.05, 3.63) is 0 Å². The summed E-state index contributed by atoms with van der Waals surface area (Å²) in [4.78, 5) is 11.4. The van der Waals surface area contributed by atoms with Gasteiger partial charge in [-0.3, -0.25) is 4.79 Å². The summed E-state index contributed by atoms with van der Waals surface area (Å²) in [5, 5.41) is 9.04. The number of hydrogen-bond acceptors (Lipinski definition) is 4. The molecule has 8 heteroatoms. The molecule has 2 atom stereocenters. The van der Waals surface area contributed by atoms with E-state index in [1.54, 1.807) is 0 Å². The Morgan fingerprint density at radius 3 is 2.24 bits per heavy atom. The predicted octanol–water partition coefficient (Wildman–Crippen LogP) is 1.84. The first-order valence-corrected chi connectivity index (χ1v) is 9.84. The van der Waals surface area contributed by atoms with Gasteiger partial charge in [-0.2, -0.15) is 17.0 Å². The predicted molar refractivity (Wildman–Crippen MR) is 85.4 cm³/mol. The van der Waals surface area contributed by atoms with Crippen LogP contribution in [0.1, 0.15) is 40.5 Å². The number of carbonyl (C=O) groups is 1. The van der Waals surface area contributed by atoms with Crippen LogP contribution in [0.2, 0.25) is 0 Å². The molecule has 1 heterocycles. The summed E-state index contributed by atoms with van der Waals surface area (Å²) >= 11 is 1.41. The van der Waals surface area contributed by atoms with E-state index in [0.29, 0.717) is 31.7 Å². The third-order valence-electron chi connectivity index (χ3n) is 3.38. The van der Waals surface area contributed by atoms with Crippen LogP contribution in [0.3, 0.4) is 0 Å². The molecule has 0 aliphatic carbocycles. The number of carboxylic acids is 1. The first-order valence-electron chi connectivity index (χ1n) is 7.40. The lowest BCUT2D eigenvalue weighted by atomic mass is 10.2. The highest BCUT2D eigenvalue weighted by Gasteiger charge is 2.48. The highest BCUT2D eigenvalue weighted by atomic mass is 32.2. The van der Waals surface area contributed by atoms with E-state index in [4.69, 9.17) is 0 Å². The summed E-state index contributed by atoms with van der Waals surface area (Å²) in [7, 11) is -3.75. The summed E-state index contributed by atoms with van der Waals surface area (Å²) in [6.07, 6.45) is 1.43. The largest absolute Gasteiger partial charge is 0.480 e. The molecule has 0 aromatic heterocycles. The Kier molecular flexibility index (Phi) is 6.96. The fourth-order valence-corrected chi connectivity index (χ4v) is 6.50. The van der Waals surface area contributed by atoms with E-state index in [9.17, 15) is 18.3 Å². The van der Waals surface area contributed by atoms with Crippen LogP contribution in [0.25, 0.3) is 0 Å². The second-order valence-corrected chi connectivity index (χ2v) is 8.54. The average molecular weight is 338 g/mol. The maximum atomic E-state index is 12.9. The Labute approximate surface area is 132 Å². The molecule has 124 valence electrons. The highest BCUT2D eigenvalue weighted by molar-refractivity contribution is 8.01. The van der Waals surface area contributed by atoms with Gasteiger partial charge in [-0.25, -0.2) is 0 Å². The average Bonchev–Trinajstić information content (AvgIpc) is 2.84. The smallest absolute Gasteiger partial charge is 0.322 e. The molecule has 1 rings (SSSR count). The van der Waals surface area contributed by atoms with E-state index in [2.05, 4.69) is 0 Å². The number of rotatable bonds is 8. The maximum absolute atomic E-state index is 12.9. The minimum absolute atomic E-state index is 0.0687. The lowest BCUT2D eigenvalue weighted by Gasteiger charge is -2.33. The Hall–Kier alpha value is -0.310. The summed E-state index contributed by atoms with van der Waals surface area (Å²) in [5.74, 6) is -0.690. The Balaban J connectivity index is 3.16. The third kappa shape index (κ3) is 4.12. The van der Waals surface area contributed by atoms with Gasteiger partial charge in [-0.15, -0.1) is 11.8 Å². The van der Waals surface area contributed by atoms with Crippen molar-refractivity contribution in [2.24, 2.45) is 5.92 Å². The SMILES string of the molecule is CCCN(CCC)S(=O)(=O)N1C(C(=O)O)CSC1C(C)C. The van der Waals surface area contributed by atoms with E-state index in [1.165, 1.54) is 20.4 Å². The first kappa shape index (κ1) is 18.7. The van der Waals surface area contributed by atoms with Crippen molar-refractivity contribution in [2.75, 3.05) is 18.8 Å². The van der Waals surface area contributed by atoms with Crippen molar-refractivity contribution in [1.29, 1.82) is 0 Å². The maximum Gasteiger partial charge on any atom is 0.322 e. The zero-order chi connectivity index (χ0) is 16.2. The van der Waals surface area contributed by atoms with E-state index >= 15 is 0 Å². The van der Waals surface area contributed by atoms with Gasteiger partial charge in [0.1, 0.15) is 6.04 Å². The molecule has 0 aromatic rings. The van der Waals surface area contributed by atoms with Crippen LogP contribution in [0.4, 0.5) is 0 Å². The van der Waals surface area contributed by atoms with Gasteiger partial charge in [0.05, 0.1) is 5.37 Å². The molecule has 0 amide bonds. The van der Waals surface area contributed by atoms with E-state index in [1.807, 2.05) is 27.7 Å². The number of nitrogens with zero attached hydrogens (tertiary/aromatic N) is 2. The van der Waals surface area contributed by atoms with Gasteiger partial charge in [-0.1, -0.05) is 27.7 Å². The van der Waals surface area contributed by atoms with Gasteiger partial charge < -0.3 is 5.11 Å². The quantitative estimate of drug-likeness (QED) is 0.730. The molecule has 2 unspecified atom stereocenters. The number of carboxylic acid groups (broad SMARTS) is 1. The molecule has 21 heavy (non-hydrogen) atoms. The third-order valence-corrected chi connectivity index (χ3v) is 7.16. The molecule has 1 saturated heterocycles. The van der Waals surface area contributed by atoms with Crippen LogP contribution in [-0.2, 0) is 15.0 Å². The van der Waals surface area contributed by atoms with Gasteiger partial charge in [0.2, 0.25) is 0 Å². The minimum Gasteiger partial charge on any atom is -0.480 e. The number of hydrogen-bond donors (Lipinski definition) is 1. The zero-order valence-corrected chi connectivity index (χ0v) is 14.8. The van der Waals surface area contributed by atoms with Gasteiger partial charge in [0.15, 0.2) is 0 Å². The van der Waals surface area contributed by atoms with Crippen molar-refractivity contribution in [1.82, 2.24) is 8.61 Å². The second-order valence-electron chi connectivity index (χ2n) is 5.56. The topological polar surface area (TPSA) is 77.9 Å². The van der Waals surface area contributed by atoms with Gasteiger partial charge in [-0.05, 0) is 18.8 Å². The second kappa shape index (κ2) is 7.80. The molecule has 1 aliphatic heterocycles. The Morgan fingerprint density at radius 2 is 1.86 bits per heavy atom. The van der Waals surface area contributed by atoms with Crippen molar-refractivity contribution in [2.45, 2.75) is 52.0 Å². The molecule has 0 radical (unpaired) electrons. The van der Waals surface area contributed by atoms with Crippen LogP contribution >= 0.6 is 11.8 Å². The summed E-state index contributed by atoms with van der Waals surface area (Å²) < 4.78 is 28.5. The normalized spacial score (nSPS) is 24.1. The number of aliphatic carboxylic acids is 1. The molecule has 0 bridgehead atoms. The number of thioether (sulfide) groups is 1. The summed E-state index contributed by atoms with van der Waals surface area (Å²) in [6, 6.07) is -0.969. The van der Waals surface area contributed by atoms with Crippen LogP contribution in [0, 0.1) is 5.92 Å². The fraction of sp³-hybridized carbons (Fsp3) is 0.923. The van der Waals surface area contributed by atoms with Gasteiger partial charge in [0.25, 0.3) is 10.2 Å². The fourth-order valence-electron chi connectivity index (χ4n) is 2.45. The van der Waals surface area contributed by atoms with Crippen molar-refractivity contribution in [3.8, 4) is 0 Å². The van der Waals surface area contributed by atoms with Crippen molar-refractivity contribution >= 4 is 27.9 Å². The standard InChI is InChI=1S/C13H26N2O4S2/c1-5-7-14(8-6-2)21(18,19)15-11(13(16)17)9-20-12(15)10(3)4/h10-12H,5-9H2,1-4H3,(H,16,17). The lowest BCUT2D eigenvalue weighted by Crippen LogP contribution is -2.53. The molecular formula is C13H26N2O4S2. The molecule has 1 aliphatic rings. The zero-order valence-electron chi connectivity index (χ0n) is 13.2. The Bertz CT molecular complexity index is 447. The lowest BCUT2D eigenvalue weighted by molar-refractivity contribution is -0.140. The minimum atomic E-state index is -3.75. The molecule has 0 spiro atoms. The molecular weight excluding hydrogens is 312 g/mol. The van der Waals surface area contributed by atoms with E-state index in [-0.39, 0.29) is 11.3 Å². The van der Waals surface area contributed by atoms with Crippen molar-refractivity contribution < 1.29 is 18.3 Å². The molecule has 0 aromatic carbocycles. The van der Waals surface area contributed by atoms with E-state index < -0.39 is 22.2 Å². The van der Waals surface area contributed by atoms with Crippen LogP contribution in [0.15, 0.2) is 0 Å². The Morgan fingerprint density at radius 1 is 1.33 bits per heavy atom. The molecule has 0 saturated carbocycles. The van der Waals surface area contributed by atoms with Crippen molar-refractivity contribution in [3.63, 3.8) is 0 Å². The monoisotopic (exact) mass is 338 g/mol. The summed E-state index contributed by atoms with van der Waals surface area (Å²) in [6.45, 7) is 8.54. The van der Waals surface area contributed by atoms with E-state index in [0.717, 1.165) is 0 Å². The first-order chi connectivity index (χ1) is 9.77. The highest BCUT2D eigenvalue weighted by Crippen LogP contribution is 2.37. The summed E-state index contributed by atoms with van der Waals surface area (Å²) in [5.41, 5.74) is 0. The molecule has 1 fully saturated rings. The van der Waals surface area contributed by atoms with Crippen LogP contribution in [-0.4, -0.2) is 58.4 Å². The van der Waals surface area contributed by atoms with Gasteiger partial charge in [0, 0.05) is 18.8 Å². The van der Waals surface area contributed by atoms with Gasteiger partial charge >= 0.3 is 5.97 Å².